The lowest BCUT2D eigenvalue weighted by Crippen LogP contribution is -2.31. The van der Waals surface area contributed by atoms with Crippen LogP contribution in [0.15, 0.2) is 66.7 Å². The minimum atomic E-state index is -1.14. The first kappa shape index (κ1) is 27.5. The number of ether oxygens (including phenoxy) is 3. The van der Waals surface area contributed by atoms with Crippen molar-refractivity contribution in [1.82, 2.24) is 9.55 Å². The van der Waals surface area contributed by atoms with Crippen molar-refractivity contribution in [1.29, 1.82) is 0 Å². The zero-order valence-corrected chi connectivity index (χ0v) is 22.9. The van der Waals surface area contributed by atoms with Crippen molar-refractivity contribution in [2.45, 2.75) is 31.8 Å². The Hall–Kier alpha value is -5.34. The van der Waals surface area contributed by atoms with E-state index in [-0.39, 0.29) is 52.0 Å². The van der Waals surface area contributed by atoms with Crippen molar-refractivity contribution in [2.75, 3.05) is 6.61 Å². The second-order valence-electron chi connectivity index (χ2n) is 10.5. The van der Waals surface area contributed by atoms with Crippen LogP contribution >= 0.6 is 0 Å². The zero-order chi connectivity index (χ0) is 30.5. The quantitative estimate of drug-likeness (QED) is 0.200. The van der Waals surface area contributed by atoms with Gasteiger partial charge in [0.2, 0.25) is 0 Å². The third-order valence-electron chi connectivity index (χ3n) is 7.85. The first-order valence-electron chi connectivity index (χ1n) is 13.7. The number of para-hydroxylation sites is 1. The van der Waals surface area contributed by atoms with Gasteiger partial charge in [-0.15, -0.1) is 0 Å². The molecule has 7 rings (SSSR count). The van der Waals surface area contributed by atoms with Gasteiger partial charge in [-0.05, 0) is 54.4 Å². The summed E-state index contributed by atoms with van der Waals surface area (Å²) in [6, 6.07) is 15.7. The third-order valence-corrected chi connectivity index (χ3v) is 7.85. The number of halogens is 3. The fourth-order valence-electron chi connectivity index (χ4n) is 5.47. The van der Waals surface area contributed by atoms with Crippen molar-refractivity contribution in [3.05, 3.63) is 118 Å². The Morgan fingerprint density at radius 1 is 1.02 bits per heavy atom. The molecule has 1 unspecified atom stereocenters. The first-order chi connectivity index (χ1) is 21.3. The van der Waals surface area contributed by atoms with Crippen LogP contribution in [-0.4, -0.2) is 33.3 Å². The summed E-state index contributed by atoms with van der Waals surface area (Å²) >= 11 is 0. The second-order valence-corrected chi connectivity index (χ2v) is 10.5. The van der Waals surface area contributed by atoms with E-state index < -0.39 is 29.7 Å². The van der Waals surface area contributed by atoms with E-state index in [2.05, 4.69) is 9.83 Å². The molecule has 4 aromatic carbocycles. The Bertz CT molecular complexity index is 1990. The number of hydrogen-bond donors (Lipinski definition) is 1. The molecule has 0 spiro atoms. The molecule has 0 bridgehead atoms. The van der Waals surface area contributed by atoms with Crippen molar-refractivity contribution >= 4 is 22.7 Å². The topological polar surface area (TPSA) is 87.2 Å². The Morgan fingerprint density at radius 2 is 1.82 bits per heavy atom. The van der Waals surface area contributed by atoms with E-state index in [1.807, 2.05) is 0 Å². The van der Waals surface area contributed by atoms with Crippen LogP contribution in [0.4, 0.5) is 18.9 Å². The number of carboxylic acid groups (broad SMARTS) is 1. The van der Waals surface area contributed by atoms with Crippen LogP contribution in [0.25, 0.3) is 27.0 Å². The number of fused-ring (bicyclic) bond motifs is 2. The molecule has 220 valence electrons. The van der Waals surface area contributed by atoms with E-state index in [1.165, 1.54) is 36.4 Å². The van der Waals surface area contributed by atoms with Gasteiger partial charge in [0.15, 0.2) is 17.2 Å². The molecule has 44 heavy (non-hydrogen) atoms. The maximum atomic E-state index is 15.7. The molecule has 8 nitrogen and oxygen atoms in total. The predicted molar refractivity (Wildman–Crippen MR) is 152 cm³/mol. The summed E-state index contributed by atoms with van der Waals surface area (Å²) in [6.07, 6.45) is -0.630. The van der Waals surface area contributed by atoms with Crippen molar-refractivity contribution < 1.29 is 37.3 Å². The maximum absolute atomic E-state index is 15.7. The standard InChI is InChI=1S/C33H22F3N3O5/c1-37-19-6-7-22(26(36)14-19)33-43-29-4-2-3-21(31(29)44-33)18-11-24(34)23(25(35)12-18)15-30-38-27-8-5-17(32(40)41)13-28(27)39(30)16-20-9-10-42-20/h2-8,11-14,20,33H,9-10,15-16H2,(H,40,41)/t20-,33?/m0/s1. The molecule has 11 heteroatoms. The van der Waals surface area contributed by atoms with Gasteiger partial charge in [-0.3, -0.25) is 0 Å². The third kappa shape index (κ3) is 4.79. The van der Waals surface area contributed by atoms with E-state index in [0.717, 1.165) is 12.5 Å². The van der Waals surface area contributed by atoms with Crippen LogP contribution in [0.5, 0.6) is 11.5 Å². The Kier molecular flexibility index (Phi) is 6.71. The first-order valence-corrected chi connectivity index (χ1v) is 13.7. The van der Waals surface area contributed by atoms with Gasteiger partial charge in [0.25, 0.3) is 6.29 Å². The van der Waals surface area contributed by atoms with Crippen LogP contribution in [0.2, 0.25) is 0 Å². The van der Waals surface area contributed by atoms with Crippen molar-refractivity contribution in [3.63, 3.8) is 0 Å². The number of rotatable bonds is 7. The fraction of sp³-hybridized carbons (Fsp3) is 0.182. The lowest BCUT2D eigenvalue weighted by molar-refractivity contribution is -0.0589. The molecule has 0 amide bonds. The normalized spacial score (nSPS) is 17.0. The molecule has 0 radical (unpaired) electrons. The van der Waals surface area contributed by atoms with Gasteiger partial charge >= 0.3 is 5.97 Å². The number of aromatic carboxylic acids is 1. The highest BCUT2D eigenvalue weighted by Gasteiger charge is 2.31. The molecule has 1 aromatic heterocycles. The Labute approximate surface area is 248 Å². The zero-order valence-electron chi connectivity index (χ0n) is 22.9. The van der Waals surface area contributed by atoms with E-state index in [0.29, 0.717) is 35.6 Å². The van der Waals surface area contributed by atoms with Gasteiger partial charge in [0.05, 0.1) is 41.4 Å². The predicted octanol–water partition coefficient (Wildman–Crippen LogP) is 7.22. The molecule has 1 N–H and O–H groups in total. The summed E-state index contributed by atoms with van der Waals surface area (Å²) < 4.78 is 65.1. The van der Waals surface area contributed by atoms with Gasteiger partial charge in [-0.1, -0.05) is 24.3 Å². The second kappa shape index (κ2) is 10.7. The van der Waals surface area contributed by atoms with Crippen LogP contribution in [0.3, 0.4) is 0 Å². The summed E-state index contributed by atoms with van der Waals surface area (Å²) in [7, 11) is 0. The van der Waals surface area contributed by atoms with Gasteiger partial charge < -0.3 is 23.9 Å². The van der Waals surface area contributed by atoms with E-state index >= 15 is 8.78 Å². The van der Waals surface area contributed by atoms with E-state index in [9.17, 15) is 14.3 Å². The number of nitrogens with zero attached hydrogens (tertiary/aromatic N) is 3. The lowest BCUT2D eigenvalue weighted by atomic mass is 10.00. The molecular weight excluding hydrogens is 575 g/mol. The van der Waals surface area contributed by atoms with Crippen LogP contribution in [0, 0.1) is 24.0 Å². The molecule has 3 heterocycles. The Morgan fingerprint density at radius 3 is 2.50 bits per heavy atom. The van der Waals surface area contributed by atoms with Crippen LogP contribution < -0.4 is 9.47 Å². The van der Waals surface area contributed by atoms with Crippen LogP contribution in [0.1, 0.15) is 40.0 Å². The van der Waals surface area contributed by atoms with Gasteiger partial charge in [-0.2, -0.15) is 0 Å². The highest BCUT2D eigenvalue weighted by Crippen LogP contribution is 2.47. The molecule has 2 atom stereocenters. The molecule has 2 aliphatic heterocycles. The SMILES string of the molecule is [C-]#[N+]c1ccc(C2Oc3cccc(-c4cc(F)c(Cc5nc6ccc(C(=O)O)cc6n5C[C@@H]5CCO5)c(F)c4)c3O2)c(F)c1. The number of carboxylic acids is 1. The highest BCUT2D eigenvalue weighted by molar-refractivity contribution is 5.92. The smallest absolute Gasteiger partial charge is 0.335 e. The monoisotopic (exact) mass is 597 g/mol. The average Bonchev–Trinajstić information content (AvgIpc) is 3.57. The maximum Gasteiger partial charge on any atom is 0.335 e. The number of hydrogen-bond acceptors (Lipinski definition) is 5. The van der Waals surface area contributed by atoms with Gasteiger partial charge in [-0.25, -0.2) is 27.8 Å². The molecule has 0 saturated carbocycles. The number of imidazole rings is 1. The van der Waals surface area contributed by atoms with Crippen molar-refractivity contribution in [2.24, 2.45) is 0 Å². The minimum absolute atomic E-state index is 0.0772. The number of benzene rings is 4. The lowest BCUT2D eigenvalue weighted by Gasteiger charge is -2.27. The summed E-state index contributed by atoms with van der Waals surface area (Å²) in [5.74, 6) is -2.53. The van der Waals surface area contributed by atoms with Crippen molar-refractivity contribution in [3.8, 4) is 22.6 Å². The minimum Gasteiger partial charge on any atom is -0.478 e. The number of aromatic nitrogens is 2. The Balaban J connectivity index is 1.21. The van der Waals surface area contributed by atoms with Crippen LogP contribution in [-0.2, 0) is 17.7 Å². The van der Waals surface area contributed by atoms with Gasteiger partial charge in [0, 0.05) is 24.2 Å². The molecule has 1 saturated heterocycles. The average molecular weight is 598 g/mol. The van der Waals surface area contributed by atoms with E-state index in [4.69, 9.17) is 20.8 Å². The number of carbonyl (C=O) groups is 1. The molecular formula is C33H22F3N3O5. The highest BCUT2D eigenvalue weighted by atomic mass is 19.1. The molecule has 1 fully saturated rings. The summed E-state index contributed by atoms with van der Waals surface area (Å²) in [5, 5.41) is 9.47. The van der Waals surface area contributed by atoms with E-state index in [1.54, 1.807) is 28.8 Å². The summed E-state index contributed by atoms with van der Waals surface area (Å²) in [6.45, 7) is 8.04. The van der Waals surface area contributed by atoms with Gasteiger partial charge in [0.1, 0.15) is 23.3 Å². The molecule has 0 aliphatic carbocycles. The molecule has 5 aromatic rings. The summed E-state index contributed by atoms with van der Waals surface area (Å²) in [4.78, 5) is 19.4. The fourth-order valence-corrected chi connectivity index (χ4v) is 5.47. The summed E-state index contributed by atoms with van der Waals surface area (Å²) in [5.41, 5.74) is 1.67. The largest absolute Gasteiger partial charge is 0.478 e. The molecule has 2 aliphatic rings.